The van der Waals surface area contributed by atoms with E-state index in [4.69, 9.17) is 0 Å². The third-order valence-electron chi connectivity index (χ3n) is 4.55. The summed E-state index contributed by atoms with van der Waals surface area (Å²) in [6.07, 6.45) is 8.13. The number of allylic oxidation sites excluding steroid dienone is 3. The van der Waals surface area contributed by atoms with Gasteiger partial charge in [0.25, 0.3) is 0 Å². The molecule has 0 aromatic rings. The summed E-state index contributed by atoms with van der Waals surface area (Å²) in [4.78, 5) is 11.2. The fourth-order valence-electron chi connectivity index (χ4n) is 3.11. The van der Waals surface area contributed by atoms with Crippen LogP contribution < -0.4 is 0 Å². The Morgan fingerprint density at radius 2 is 2.12 bits per heavy atom. The summed E-state index contributed by atoms with van der Waals surface area (Å²) in [6, 6.07) is 0. The zero-order chi connectivity index (χ0) is 12.6. The Morgan fingerprint density at radius 1 is 1.41 bits per heavy atom. The number of hydrogen-bond donors (Lipinski definition) is 1. The van der Waals surface area contributed by atoms with Crippen molar-refractivity contribution in [1.82, 2.24) is 0 Å². The van der Waals surface area contributed by atoms with Gasteiger partial charge < -0.3 is 5.11 Å². The van der Waals surface area contributed by atoms with E-state index in [-0.39, 0.29) is 0 Å². The van der Waals surface area contributed by atoms with E-state index in [2.05, 4.69) is 26.8 Å². The van der Waals surface area contributed by atoms with Gasteiger partial charge in [0.05, 0.1) is 0 Å². The van der Waals surface area contributed by atoms with Crippen molar-refractivity contribution in [3.63, 3.8) is 0 Å². The average Bonchev–Trinajstić information content (AvgIpc) is 2.76. The first-order chi connectivity index (χ1) is 7.93. The van der Waals surface area contributed by atoms with Crippen molar-refractivity contribution in [3.05, 3.63) is 23.3 Å². The van der Waals surface area contributed by atoms with Crippen molar-refractivity contribution >= 4 is 5.97 Å². The van der Waals surface area contributed by atoms with E-state index >= 15 is 0 Å². The Kier molecular flexibility index (Phi) is 3.15. The third kappa shape index (κ3) is 2.46. The van der Waals surface area contributed by atoms with Crippen LogP contribution >= 0.6 is 0 Å². The van der Waals surface area contributed by atoms with Crippen molar-refractivity contribution in [1.29, 1.82) is 0 Å². The summed E-state index contributed by atoms with van der Waals surface area (Å²) in [7, 11) is 0. The first kappa shape index (κ1) is 12.4. The van der Waals surface area contributed by atoms with E-state index in [0.717, 1.165) is 6.42 Å². The topological polar surface area (TPSA) is 37.3 Å². The summed E-state index contributed by atoms with van der Waals surface area (Å²) in [6.45, 7) is 6.68. The van der Waals surface area contributed by atoms with E-state index in [1.165, 1.54) is 18.4 Å². The van der Waals surface area contributed by atoms with E-state index in [0.29, 0.717) is 29.2 Å². The first-order valence-electron chi connectivity index (χ1n) is 6.52. The normalized spacial score (nSPS) is 38.1. The molecule has 0 aromatic heterocycles. The standard InChI is InChI=1S/C15H22O2/c1-10-5-4-6-11(14(16)17)9-13-12(8-7-10)15(13,2)3/h5,9,12-13H,4,6-8H2,1-3H3,(H,16,17)/b10-5+,11-9+/t12-,13+/m0/s1. The van der Waals surface area contributed by atoms with Gasteiger partial charge in [0, 0.05) is 5.57 Å². The fraction of sp³-hybridized carbons (Fsp3) is 0.667. The average molecular weight is 234 g/mol. The lowest BCUT2D eigenvalue weighted by Gasteiger charge is -2.05. The minimum atomic E-state index is -0.738. The molecular formula is C15H22O2. The van der Waals surface area contributed by atoms with Gasteiger partial charge in [-0.15, -0.1) is 0 Å². The van der Waals surface area contributed by atoms with Crippen molar-refractivity contribution < 1.29 is 9.90 Å². The van der Waals surface area contributed by atoms with Crippen LogP contribution in [0.3, 0.4) is 0 Å². The molecule has 1 fully saturated rings. The SMILES string of the molecule is C/C1=C\CC/C(C(=O)O)=C\[C@@H]2[C@H](CC1)C2(C)C. The maximum absolute atomic E-state index is 11.2. The molecule has 0 amide bonds. The number of carboxylic acids is 1. The second-order valence-electron chi connectivity index (χ2n) is 6.08. The molecule has 1 N–H and O–H groups in total. The monoisotopic (exact) mass is 234 g/mol. The molecule has 0 heterocycles. The second kappa shape index (κ2) is 4.32. The van der Waals surface area contributed by atoms with Gasteiger partial charge in [-0.25, -0.2) is 4.79 Å². The molecular weight excluding hydrogens is 212 g/mol. The third-order valence-corrected chi connectivity index (χ3v) is 4.55. The molecule has 94 valence electrons. The van der Waals surface area contributed by atoms with Crippen LogP contribution in [0.4, 0.5) is 0 Å². The van der Waals surface area contributed by atoms with E-state index < -0.39 is 5.97 Å². The van der Waals surface area contributed by atoms with E-state index in [1.807, 2.05) is 6.08 Å². The Bertz CT molecular complexity index is 388. The van der Waals surface area contributed by atoms with E-state index in [9.17, 15) is 9.90 Å². The Hall–Kier alpha value is -1.05. The highest BCUT2D eigenvalue weighted by Gasteiger charge is 2.55. The molecule has 1 saturated carbocycles. The van der Waals surface area contributed by atoms with Gasteiger partial charge in [-0.2, -0.15) is 0 Å². The number of carbonyl (C=O) groups is 1. The number of carboxylic acid groups (broad SMARTS) is 1. The van der Waals surface area contributed by atoms with Crippen LogP contribution in [0, 0.1) is 17.3 Å². The molecule has 0 bridgehead atoms. The van der Waals surface area contributed by atoms with Gasteiger partial charge in [0.1, 0.15) is 0 Å². The van der Waals surface area contributed by atoms with Crippen molar-refractivity contribution in [3.8, 4) is 0 Å². The van der Waals surface area contributed by atoms with Crippen LogP contribution in [-0.2, 0) is 4.79 Å². The highest BCUT2D eigenvalue weighted by molar-refractivity contribution is 5.86. The molecule has 0 spiro atoms. The summed E-state index contributed by atoms with van der Waals surface area (Å²) in [5.74, 6) is 0.399. The van der Waals surface area contributed by atoms with Crippen LogP contribution in [0.2, 0.25) is 0 Å². The predicted octanol–water partition coefficient (Wildman–Crippen LogP) is 3.79. The van der Waals surface area contributed by atoms with Crippen molar-refractivity contribution in [2.45, 2.75) is 46.5 Å². The largest absolute Gasteiger partial charge is 0.478 e. The van der Waals surface area contributed by atoms with Crippen LogP contribution in [0.25, 0.3) is 0 Å². The molecule has 0 radical (unpaired) electrons. The molecule has 2 nitrogen and oxygen atoms in total. The van der Waals surface area contributed by atoms with Gasteiger partial charge in [-0.1, -0.05) is 31.6 Å². The lowest BCUT2D eigenvalue weighted by Crippen LogP contribution is -2.02. The highest BCUT2D eigenvalue weighted by Crippen LogP contribution is 2.61. The van der Waals surface area contributed by atoms with Crippen LogP contribution in [0.1, 0.15) is 46.5 Å². The lowest BCUT2D eigenvalue weighted by molar-refractivity contribution is -0.132. The van der Waals surface area contributed by atoms with Crippen LogP contribution in [0.5, 0.6) is 0 Å². The first-order valence-corrected chi connectivity index (χ1v) is 6.52. The molecule has 0 unspecified atom stereocenters. The van der Waals surface area contributed by atoms with Gasteiger partial charge in [-0.05, 0) is 49.9 Å². The van der Waals surface area contributed by atoms with E-state index in [1.54, 1.807) is 0 Å². The highest BCUT2D eigenvalue weighted by atomic mass is 16.4. The molecule has 2 aliphatic rings. The molecule has 2 aliphatic carbocycles. The minimum absolute atomic E-state index is 0.297. The zero-order valence-corrected chi connectivity index (χ0v) is 11.0. The van der Waals surface area contributed by atoms with Crippen molar-refractivity contribution in [2.75, 3.05) is 0 Å². The molecule has 0 saturated heterocycles. The fourth-order valence-corrected chi connectivity index (χ4v) is 3.11. The quantitative estimate of drug-likeness (QED) is 0.701. The summed E-state index contributed by atoms with van der Waals surface area (Å²) in [5.41, 5.74) is 2.32. The maximum Gasteiger partial charge on any atom is 0.331 e. The second-order valence-corrected chi connectivity index (χ2v) is 6.08. The molecule has 0 aromatic carbocycles. The number of fused-ring (bicyclic) bond motifs is 1. The summed E-state index contributed by atoms with van der Waals surface area (Å²) < 4.78 is 0. The van der Waals surface area contributed by atoms with Gasteiger partial charge in [0.2, 0.25) is 0 Å². The van der Waals surface area contributed by atoms with Gasteiger partial charge >= 0.3 is 5.97 Å². The molecule has 2 heteroatoms. The maximum atomic E-state index is 11.2. The number of hydrogen-bond acceptors (Lipinski definition) is 1. The zero-order valence-electron chi connectivity index (χ0n) is 11.0. The molecule has 17 heavy (non-hydrogen) atoms. The lowest BCUT2D eigenvalue weighted by atomic mass is 10.0. The van der Waals surface area contributed by atoms with Crippen LogP contribution in [-0.4, -0.2) is 11.1 Å². The Labute approximate surface area is 103 Å². The number of rotatable bonds is 1. The van der Waals surface area contributed by atoms with Crippen LogP contribution in [0.15, 0.2) is 23.3 Å². The smallest absolute Gasteiger partial charge is 0.331 e. The molecule has 2 rings (SSSR count). The predicted molar refractivity (Wildman–Crippen MR) is 68.7 cm³/mol. The van der Waals surface area contributed by atoms with Gasteiger partial charge in [-0.3, -0.25) is 0 Å². The molecule has 0 aliphatic heterocycles. The summed E-state index contributed by atoms with van der Waals surface area (Å²) >= 11 is 0. The molecule has 2 atom stereocenters. The summed E-state index contributed by atoms with van der Waals surface area (Å²) in [5, 5.41) is 9.20. The van der Waals surface area contributed by atoms with Crippen molar-refractivity contribution in [2.24, 2.45) is 17.3 Å². The van der Waals surface area contributed by atoms with Gasteiger partial charge in [0.15, 0.2) is 0 Å². The Balaban J connectivity index is 2.22. The Morgan fingerprint density at radius 3 is 2.76 bits per heavy atom. The minimum Gasteiger partial charge on any atom is -0.478 e. The number of aliphatic carboxylic acids is 1.